The molecule has 8 heteroatoms. The number of rotatable bonds is 6. The first-order chi connectivity index (χ1) is 10.0. The molecule has 0 saturated heterocycles. The van der Waals surface area contributed by atoms with Gasteiger partial charge in [-0.1, -0.05) is 6.07 Å². The van der Waals surface area contributed by atoms with Crippen LogP contribution in [0.15, 0.2) is 18.2 Å². The second-order valence-corrected chi connectivity index (χ2v) is 3.89. The van der Waals surface area contributed by atoms with Gasteiger partial charge in [0.25, 0.3) is 0 Å². The lowest BCUT2D eigenvalue weighted by atomic mass is 10.2. The lowest BCUT2D eigenvalue weighted by Gasteiger charge is -2.14. The number of carbonyl (C=O) groups is 2. The molecule has 0 radical (unpaired) electrons. The molecule has 8 nitrogen and oxygen atoms in total. The van der Waals surface area contributed by atoms with Crippen LogP contribution in [0.4, 0.5) is 10.5 Å². The van der Waals surface area contributed by atoms with E-state index in [-0.39, 0.29) is 17.8 Å². The molecule has 0 bridgehead atoms. The van der Waals surface area contributed by atoms with Gasteiger partial charge in [-0.2, -0.15) is 5.26 Å². The third-order valence-electron chi connectivity index (χ3n) is 2.61. The Morgan fingerprint density at radius 3 is 2.67 bits per heavy atom. The van der Waals surface area contributed by atoms with Gasteiger partial charge in [0.05, 0.1) is 19.2 Å². The summed E-state index contributed by atoms with van der Waals surface area (Å²) in [5.41, 5.74) is 0.440. The van der Waals surface area contributed by atoms with Crippen LogP contribution < -0.4 is 15.4 Å². The topological polar surface area (TPSA) is 121 Å². The molecule has 3 N–H and O–H groups in total. The van der Waals surface area contributed by atoms with Gasteiger partial charge in [0.1, 0.15) is 17.5 Å². The molecule has 112 valence electrons. The molecule has 0 aliphatic carbocycles. The highest BCUT2D eigenvalue weighted by molar-refractivity contribution is 5.93. The number of ether oxygens (including phenoxy) is 2. The molecule has 1 aromatic rings. The Kier molecular flexibility index (Phi) is 5.98. The number of carboxylic acid groups (broad SMARTS) is 1. The highest BCUT2D eigenvalue weighted by Gasteiger charge is 2.18. The van der Waals surface area contributed by atoms with Crippen LogP contribution in [0.25, 0.3) is 0 Å². The second-order valence-electron chi connectivity index (χ2n) is 3.89. The van der Waals surface area contributed by atoms with E-state index in [1.807, 2.05) is 6.07 Å². The summed E-state index contributed by atoms with van der Waals surface area (Å²) >= 11 is 0. The number of anilines is 1. The smallest absolute Gasteiger partial charge is 0.334 e. The fraction of sp³-hybridized carbons (Fsp3) is 0.308. The van der Waals surface area contributed by atoms with E-state index in [9.17, 15) is 9.59 Å². The van der Waals surface area contributed by atoms with Crippen LogP contribution in [-0.4, -0.2) is 44.0 Å². The first kappa shape index (κ1) is 16.3. The normalized spacial score (nSPS) is 11.1. The maximum atomic E-state index is 11.8. The summed E-state index contributed by atoms with van der Waals surface area (Å²) in [5, 5.41) is 22.6. The monoisotopic (exact) mass is 293 g/mol. The number of hydrogen-bond donors (Lipinski definition) is 3. The highest BCUT2D eigenvalue weighted by atomic mass is 16.5. The Labute approximate surface area is 121 Å². The molecule has 21 heavy (non-hydrogen) atoms. The van der Waals surface area contributed by atoms with Crippen molar-refractivity contribution in [3.05, 3.63) is 23.8 Å². The quantitative estimate of drug-likeness (QED) is 0.713. The SMILES string of the molecule is COc1cccc(C#N)c1NC(=O)NCC(OC)C(=O)O. The highest BCUT2D eigenvalue weighted by Crippen LogP contribution is 2.27. The van der Waals surface area contributed by atoms with Crippen molar-refractivity contribution in [1.29, 1.82) is 5.26 Å². The molecule has 1 unspecified atom stereocenters. The van der Waals surface area contributed by atoms with Crippen LogP contribution in [0.5, 0.6) is 5.75 Å². The van der Waals surface area contributed by atoms with Crippen molar-refractivity contribution >= 4 is 17.7 Å². The maximum absolute atomic E-state index is 11.8. The molecule has 0 heterocycles. The summed E-state index contributed by atoms with van der Waals surface area (Å²) < 4.78 is 9.74. The molecule has 1 atom stereocenters. The zero-order valence-electron chi connectivity index (χ0n) is 11.5. The average Bonchev–Trinajstić information content (AvgIpc) is 2.47. The third kappa shape index (κ3) is 4.36. The summed E-state index contributed by atoms with van der Waals surface area (Å²) in [6, 6.07) is 5.99. The molecule has 0 saturated carbocycles. The Balaban J connectivity index is 2.76. The Morgan fingerprint density at radius 2 is 2.14 bits per heavy atom. The van der Waals surface area contributed by atoms with Gasteiger partial charge in [-0.3, -0.25) is 0 Å². The Bertz CT molecular complexity index is 567. The van der Waals surface area contributed by atoms with Gasteiger partial charge >= 0.3 is 12.0 Å². The second kappa shape index (κ2) is 7.72. The zero-order chi connectivity index (χ0) is 15.8. The number of carboxylic acids is 1. The minimum atomic E-state index is -1.19. The van der Waals surface area contributed by atoms with Crippen LogP contribution in [0.3, 0.4) is 0 Å². The molecule has 2 amide bonds. The standard InChI is InChI=1S/C13H15N3O5/c1-20-9-5-3-4-8(6-14)11(9)16-13(19)15-7-10(21-2)12(17)18/h3-5,10H,7H2,1-2H3,(H,17,18)(H2,15,16,19). The number of nitrogens with zero attached hydrogens (tertiary/aromatic N) is 1. The van der Waals surface area contributed by atoms with Crippen molar-refractivity contribution in [3.8, 4) is 11.8 Å². The van der Waals surface area contributed by atoms with Crippen molar-refractivity contribution in [2.75, 3.05) is 26.1 Å². The number of para-hydroxylation sites is 1. The lowest BCUT2D eigenvalue weighted by molar-refractivity contribution is -0.147. The van der Waals surface area contributed by atoms with Crippen molar-refractivity contribution in [1.82, 2.24) is 5.32 Å². The van der Waals surface area contributed by atoms with Gasteiger partial charge in [0.2, 0.25) is 0 Å². The molecular weight excluding hydrogens is 278 g/mol. The average molecular weight is 293 g/mol. The summed E-state index contributed by atoms with van der Waals surface area (Å²) in [4.78, 5) is 22.5. The molecule has 1 aromatic carbocycles. The fourth-order valence-corrected chi connectivity index (χ4v) is 1.54. The minimum absolute atomic E-state index is 0.212. The number of benzene rings is 1. The Morgan fingerprint density at radius 1 is 1.43 bits per heavy atom. The third-order valence-corrected chi connectivity index (χ3v) is 2.61. The van der Waals surface area contributed by atoms with Crippen molar-refractivity contribution in [2.24, 2.45) is 0 Å². The molecule has 0 aromatic heterocycles. The lowest BCUT2D eigenvalue weighted by Crippen LogP contribution is -2.39. The molecule has 0 aliphatic heterocycles. The van der Waals surface area contributed by atoms with Gasteiger partial charge in [-0.15, -0.1) is 0 Å². The van der Waals surface area contributed by atoms with E-state index in [0.29, 0.717) is 5.75 Å². The van der Waals surface area contributed by atoms with E-state index in [1.54, 1.807) is 12.1 Å². The predicted octanol–water partition coefficient (Wildman–Crippen LogP) is 0.788. The maximum Gasteiger partial charge on any atom is 0.334 e. The first-order valence-corrected chi connectivity index (χ1v) is 5.91. The number of hydrogen-bond acceptors (Lipinski definition) is 5. The number of urea groups is 1. The number of aliphatic carboxylic acids is 1. The number of carbonyl (C=O) groups excluding carboxylic acids is 1. The largest absolute Gasteiger partial charge is 0.495 e. The van der Waals surface area contributed by atoms with E-state index in [4.69, 9.17) is 15.1 Å². The van der Waals surface area contributed by atoms with Crippen molar-refractivity contribution in [3.63, 3.8) is 0 Å². The van der Waals surface area contributed by atoms with Crippen molar-refractivity contribution in [2.45, 2.75) is 6.10 Å². The number of nitrogens with one attached hydrogen (secondary N) is 2. The van der Waals surface area contributed by atoms with Gasteiger partial charge in [-0.25, -0.2) is 9.59 Å². The predicted molar refractivity (Wildman–Crippen MR) is 73.2 cm³/mol. The summed E-state index contributed by atoms with van der Waals surface area (Å²) in [6.45, 7) is -0.214. The van der Waals surface area contributed by atoms with Crippen molar-refractivity contribution < 1.29 is 24.2 Å². The van der Waals surface area contributed by atoms with Crippen LogP contribution in [-0.2, 0) is 9.53 Å². The van der Waals surface area contributed by atoms with Crippen LogP contribution in [0, 0.1) is 11.3 Å². The molecule has 0 fully saturated rings. The van der Waals surface area contributed by atoms with E-state index in [0.717, 1.165) is 0 Å². The van der Waals surface area contributed by atoms with Crippen LogP contribution >= 0.6 is 0 Å². The van der Waals surface area contributed by atoms with Gasteiger partial charge in [-0.05, 0) is 12.1 Å². The molecule has 1 rings (SSSR count). The molecule has 0 aliphatic rings. The molecule has 0 spiro atoms. The van der Waals surface area contributed by atoms with E-state index in [1.165, 1.54) is 20.3 Å². The van der Waals surface area contributed by atoms with Crippen LogP contribution in [0.2, 0.25) is 0 Å². The van der Waals surface area contributed by atoms with E-state index >= 15 is 0 Å². The minimum Gasteiger partial charge on any atom is -0.495 e. The van der Waals surface area contributed by atoms with Gasteiger partial charge in [0.15, 0.2) is 6.10 Å². The van der Waals surface area contributed by atoms with E-state index < -0.39 is 18.1 Å². The number of methoxy groups -OCH3 is 2. The summed E-state index contributed by atoms with van der Waals surface area (Å²) in [7, 11) is 2.64. The van der Waals surface area contributed by atoms with Crippen LogP contribution in [0.1, 0.15) is 5.56 Å². The number of amides is 2. The zero-order valence-corrected chi connectivity index (χ0v) is 11.5. The first-order valence-electron chi connectivity index (χ1n) is 5.91. The van der Waals surface area contributed by atoms with Gasteiger partial charge in [0, 0.05) is 7.11 Å². The molecular formula is C13H15N3O5. The summed E-state index contributed by atoms with van der Waals surface area (Å²) in [6.07, 6.45) is -1.15. The Hall–Kier alpha value is -2.79. The fourth-order valence-electron chi connectivity index (χ4n) is 1.54. The summed E-state index contributed by atoms with van der Waals surface area (Å²) in [5.74, 6) is -0.862. The number of nitriles is 1. The van der Waals surface area contributed by atoms with Gasteiger partial charge < -0.3 is 25.2 Å². The van der Waals surface area contributed by atoms with E-state index in [2.05, 4.69) is 15.4 Å².